The number of carbonyl (C=O) groups excluding carboxylic acids is 2. The summed E-state index contributed by atoms with van der Waals surface area (Å²) in [5.74, 6) is -0.0346. The number of carbonyl (C=O) groups is 2. The third-order valence-corrected chi connectivity index (χ3v) is 18.6. The molecule has 0 aromatic rings. The quantitative estimate of drug-likeness (QED) is 0.0320. The van der Waals surface area contributed by atoms with E-state index < -0.39 is 12.1 Å². The number of unbranched alkanes of at least 4 members (excludes halogenated alkanes) is 63. The van der Waals surface area contributed by atoms with Crippen LogP contribution >= 0.6 is 0 Å². The molecule has 0 fully saturated rings. The Morgan fingerprint density at radius 1 is 0.321 bits per heavy atom. The average Bonchev–Trinajstić information content (AvgIpc) is 3.51. The lowest BCUT2D eigenvalue weighted by molar-refractivity contribution is -0.143. The molecular weight excluding hydrogens is 1030 g/mol. The van der Waals surface area contributed by atoms with Crippen LogP contribution < -0.4 is 5.32 Å². The fraction of sp³-hybridized carbons (Fsp3) is 0.949. The first-order valence-corrected chi connectivity index (χ1v) is 39.0. The van der Waals surface area contributed by atoms with E-state index in [0.717, 1.165) is 38.5 Å². The molecule has 2 unspecified atom stereocenters. The number of hydrogen-bond donors (Lipinski definition) is 3. The van der Waals surface area contributed by atoms with Gasteiger partial charge < -0.3 is 20.3 Å². The molecule has 0 spiro atoms. The first-order chi connectivity index (χ1) is 41.5. The third-order valence-electron chi connectivity index (χ3n) is 18.6. The Hall–Kier alpha value is -1.40. The molecule has 0 aromatic heterocycles. The molecule has 500 valence electrons. The molecule has 0 bridgehead atoms. The number of aliphatic hydroxyl groups excluding tert-OH is 2. The zero-order chi connectivity index (χ0) is 60.6. The van der Waals surface area contributed by atoms with Gasteiger partial charge in [-0.1, -0.05) is 418 Å². The van der Waals surface area contributed by atoms with E-state index in [4.69, 9.17) is 4.74 Å². The lowest BCUT2D eigenvalue weighted by Gasteiger charge is -2.20. The van der Waals surface area contributed by atoms with Crippen molar-refractivity contribution in [3.05, 3.63) is 12.2 Å². The molecule has 6 heteroatoms. The Balaban J connectivity index is 3.34. The van der Waals surface area contributed by atoms with Crippen LogP contribution in [-0.4, -0.2) is 47.4 Å². The summed E-state index contributed by atoms with van der Waals surface area (Å²) in [5, 5.41) is 23.3. The van der Waals surface area contributed by atoms with Gasteiger partial charge in [0.1, 0.15) is 0 Å². The largest absolute Gasteiger partial charge is 0.466 e. The topological polar surface area (TPSA) is 95.9 Å². The van der Waals surface area contributed by atoms with Gasteiger partial charge in [-0.2, -0.15) is 0 Å². The molecule has 1 amide bonds. The maximum Gasteiger partial charge on any atom is 0.305 e. The molecule has 84 heavy (non-hydrogen) atoms. The van der Waals surface area contributed by atoms with E-state index in [0.29, 0.717) is 19.4 Å². The molecule has 0 aliphatic heterocycles. The van der Waals surface area contributed by atoms with Crippen LogP contribution in [0.4, 0.5) is 0 Å². The van der Waals surface area contributed by atoms with Crippen LogP contribution in [0.25, 0.3) is 0 Å². The van der Waals surface area contributed by atoms with Crippen molar-refractivity contribution in [1.82, 2.24) is 5.32 Å². The van der Waals surface area contributed by atoms with E-state index in [1.807, 2.05) is 6.08 Å². The fourth-order valence-electron chi connectivity index (χ4n) is 12.6. The highest BCUT2D eigenvalue weighted by Crippen LogP contribution is 2.20. The SMILES string of the molecule is CCCCCCCCCCCCCCCCCCCC/C=C/C(O)C(CO)NC(=O)CCCCCCCCCCCCCCCCCCCCCCCCCCCCCCCOC(=O)CCCCCCCCCCCCCCCCCCCC. The van der Waals surface area contributed by atoms with Gasteiger partial charge in [0, 0.05) is 12.8 Å². The molecule has 3 N–H and O–H groups in total. The van der Waals surface area contributed by atoms with Crippen LogP contribution in [0.5, 0.6) is 0 Å². The minimum absolute atomic E-state index is 0.0249. The Labute approximate surface area is 527 Å². The van der Waals surface area contributed by atoms with Gasteiger partial charge in [0.2, 0.25) is 5.91 Å². The Bertz CT molecular complexity index is 1270. The molecule has 0 aromatic carbocycles. The summed E-state index contributed by atoms with van der Waals surface area (Å²) >= 11 is 0. The summed E-state index contributed by atoms with van der Waals surface area (Å²) in [4.78, 5) is 24.7. The van der Waals surface area contributed by atoms with Crippen LogP contribution in [0.15, 0.2) is 12.2 Å². The van der Waals surface area contributed by atoms with E-state index >= 15 is 0 Å². The lowest BCUT2D eigenvalue weighted by Crippen LogP contribution is -2.45. The van der Waals surface area contributed by atoms with Crippen LogP contribution in [0.3, 0.4) is 0 Å². The van der Waals surface area contributed by atoms with Crippen molar-refractivity contribution >= 4 is 11.9 Å². The third kappa shape index (κ3) is 69.7. The van der Waals surface area contributed by atoms with Gasteiger partial charge in [-0.05, 0) is 32.1 Å². The highest BCUT2D eigenvalue weighted by molar-refractivity contribution is 5.76. The number of rotatable bonds is 74. The molecule has 0 heterocycles. The average molecular weight is 1190 g/mol. The zero-order valence-electron chi connectivity index (χ0n) is 57.4. The molecule has 0 saturated carbocycles. The van der Waals surface area contributed by atoms with Gasteiger partial charge in [0.05, 0.1) is 25.4 Å². The van der Waals surface area contributed by atoms with Crippen molar-refractivity contribution in [2.75, 3.05) is 13.2 Å². The first-order valence-electron chi connectivity index (χ1n) is 39.0. The van der Waals surface area contributed by atoms with Crippen LogP contribution in [-0.2, 0) is 14.3 Å². The van der Waals surface area contributed by atoms with Gasteiger partial charge >= 0.3 is 5.97 Å². The number of esters is 1. The van der Waals surface area contributed by atoms with Crippen molar-refractivity contribution in [2.24, 2.45) is 0 Å². The Kier molecular flexibility index (Phi) is 72.8. The highest BCUT2D eigenvalue weighted by atomic mass is 16.5. The van der Waals surface area contributed by atoms with Crippen LogP contribution in [0.1, 0.15) is 450 Å². The molecule has 0 rings (SSSR count). The predicted octanol–water partition coefficient (Wildman–Crippen LogP) is 25.5. The van der Waals surface area contributed by atoms with E-state index in [9.17, 15) is 19.8 Å². The monoisotopic (exact) mass is 1180 g/mol. The molecule has 0 saturated heterocycles. The molecule has 0 radical (unpaired) electrons. The van der Waals surface area contributed by atoms with Gasteiger partial charge in [0.15, 0.2) is 0 Å². The summed E-state index contributed by atoms with van der Waals surface area (Å²) in [7, 11) is 0. The van der Waals surface area contributed by atoms with Crippen LogP contribution in [0, 0.1) is 0 Å². The van der Waals surface area contributed by atoms with Crippen molar-refractivity contribution in [2.45, 2.75) is 463 Å². The summed E-state index contributed by atoms with van der Waals surface area (Å²) in [6.45, 7) is 4.97. The second-order valence-electron chi connectivity index (χ2n) is 27.1. The molecule has 0 aliphatic carbocycles. The highest BCUT2D eigenvalue weighted by Gasteiger charge is 2.18. The summed E-state index contributed by atoms with van der Waals surface area (Å²) in [6, 6.07) is -0.625. The standard InChI is InChI=1S/C78H153NO5/c1-3-5-7-9-11-13-15-17-19-21-23-35-38-42-46-50-54-58-62-66-70-76(81)75(74-80)79-77(82)71-67-63-59-55-51-47-43-39-36-33-31-29-27-25-24-26-28-30-32-34-37-41-45-49-53-57-61-65-69-73-84-78(83)72-68-64-60-56-52-48-44-40-22-20-18-16-14-12-10-8-6-4-2/h66,70,75-76,80-81H,3-65,67-69,71-74H2,1-2H3,(H,79,82)/b70-66+. The summed E-state index contributed by atoms with van der Waals surface area (Å²) < 4.78 is 5.52. The van der Waals surface area contributed by atoms with Crippen molar-refractivity contribution in [1.29, 1.82) is 0 Å². The summed E-state index contributed by atoms with van der Waals surface area (Å²) in [5.41, 5.74) is 0. The minimum Gasteiger partial charge on any atom is -0.466 e. The fourth-order valence-corrected chi connectivity index (χ4v) is 12.6. The van der Waals surface area contributed by atoms with Gasteiger partial charge in [0.25, 0.3) is 0 Å². The molecule has 6 nitrogen and oxygen atoms in total. The van der Waals surface area contributed by atoms with E-state index in [-0.39, 0.29) is 18.5 Å². The molecular formula is C78H153NO5. The number of ether oxygens (including phenoxy) is 1. The number of nitrogens with one attached hydrogen (secondary N) is 1. The zero-order valence-corrected chi connectivity index (χ0v) is 57.4. The van der Waals surface area contributed by atoms with Crippen LogP contribution in [0.2, 0.25) is 0 Å². The lowest BCUT2D eigenvalue weighted by atomic mass is 10.0. The normalized spacial score (nSPS) is 12.5. The smallest absolute Gasteiger partial charge is 0.305 e. The van der Waals surface area contributed by atoms with E-state index in [1.165, 1.54) is 385 Å². The number of amides is 1. The maximum absolute atomic E-state index is 12.5. The minimum atomic E-state index is -0.842. The van der Waals surface area contributed by atoms with Gasteiger partial charge in [-0.3, -0.25) is 9.59 Å². The number of hydrogen-bond acceptors (Lipinski definition) is 5. The van der Waals surface area contributed by atoms with E-state index in [2.05, 4.69) is 19.2 Å². The number of allylic oxidation sites excluding steroid dienone is 1. The Morgan fingerprint density at radius 2 is 0.548 bits per heavy atom. The number of aliphatic hydroxyl groups is 2. The van der Waals surface area contributed by atoms with Gasteiger partial charge in [-0.25, -0.2) is 0 Å². The maximum atomic E-state index is 12.5. The van der Waals surface area contributed by atoms with Crippen molar-refractivity contribution in [3.8, 4) is 0 Å². The second-order valence-corrected chi connectivity index (χ2v) is 27.1. The molecule has 2 atom stereocenters. The predicted molar refractivity (Wildman–Crippen MR) is 370 cm³/mol. The summed E-state index contributed by atoms with van der Waals surface area (Å²) in [6.07, 6.45) is 93.3. The Morgan fingerprint density at radius 3 is 0.810 bits per heavy atom. The van der Waals surface area contributed by atoms with Crippen molar-refractivity contribution in [3.63, 3.8) is 0 Å². The molecule has 0 aliphatic rings. The second kappa shape index (κ2) is 74.1. The van der Waals surface area contributed by atoms with E-state index in [1.54, 1.807) is 6.08 Å². The first kappa shape index (κ1) is 82.6. The van der Waals surface area contributed by atoms with Gasteiger partial charge in [-0.15, -0.1) is 0 Å². The van der Waals surface area contributed by atoms with Crippen molar-refractivity contribution < 1.29 is 24.5 Å².